The van der Waals surface area contributed by atoms with E-state index in [9.17, 15) is 9.90 Å². The predicted octanol–water partition coefficient (Wildman–Crippen LogP) is 5.12. The fourth-order valence-electron chi connectivity index (χ4n) is 5.20. The molecule has 0 radical (unpaired) electrons. The zero-order valence-electron chi connectivity index (χ0n) is 19.5. The number of hydrogen-bond donors (Lipinski definition) is 1. The van der Waals surface area contributed by atoms with Crippen LogP contribution in [-0.2, 0) is 6.42 Å². The van der Waals surface area contributed by atoms with Crippen LogP contribution >= 0.6 is 11.6 Å². The Labute approximate surface area is 212 Å². The van der Waals surface area contributed by atoms with E-state index in [2.05, 4.69) is 19.9 Å². The Hall–Kier alpha value is -3.68. The smallest absolute Gasteiger partial charge is 0.261 e. The van der Waals surface area contributed by atoms with Crippen LogP contribution in [0.5, 0.6) is 0 Å². The molecule has 0 aliphatic heterocycles. The van der Waals surface area contributed by atoms with Gasteiger partial charge in [-0.25, -0.2) is 9.97 Å². The lowest BCUT2D eigenvalue weighted by Gasteiger charge is -2.29. The van der Waals surface area contributed by atoms with E-state index in [1.807, 2.05) is 42.5 Å². The highest BCUT2D eigenvalue weighted by Crippen LogP contribution is 2.30. The monoisotopic (exact) mass is 497 g/mol. The van der Waals surface area contributed by atoms with E-state index >= 15 is 0 Å². The second-order valence-corrected chi connectivity index (χ2v) is 9.70. The van der Waals surface area contributed by atoms with Gasteiger partial charge in [-0.15, -0.1) is 0 Å². The number of aliphatic hydroxyl groups excluding tert-OH is 1. The van der Waals surface area contributed by atoms with Crippen LogP contribution in [-0.4, -0.2) is 35.7 Å². The Morgan fingerprint density at radius 1 is 1.00 bits per heavy atom. The highest BCUT2D eigenvalue weighted by atomic mass is 35.5. The van der Waals surface area contributed by atoms with E-state index in [1.165, 1.54) is 6.20 Å². The fraction of sp³-hybridized carbons (Fsp3) is 0.250. The molecule has 0 saturated heterocycles. The number of pyridine rings is 1. The molecule has 1 aliphatic rings. The molecule has 8 heteroatoms. The highest BCUT2D eigenvalue weighted by molar-refractivity contribution is 6.29. The van der Waals surface area contributed by atoms with Crippen molar-refractivity contribution >= 4 is 33.4 Å². The van der Waals surface area contributed by atoms with E-state index < -0.39 is 6.10 Å². The quantitative estimate of drug-likeness (QED) is 0.346. The average Bonchev–Trinajstić information content (AvgIpc) is 2.90. The van der Waals surface area contributed by atoms with Gasteiger partial charge in [0.25, 0.3) is 5.56 Å². The standard InChI is InChI=1S/C28H24ClN5O2/c29-25-15-30-14-22(33-25)18-9-7-17(8-10-18)12-19-13-21-27(26-20(19)4-3-11-31-26)32-16-34(28(21)36)23-5-1-2-6-24(23)35/h3-4,7-11,13-16,23-24,35H,1-2,5-6,12H2/t23-,24-/m0/s1. The second-order valence-electron chi connectivity index (χ2n) is 9.31. The van der Waals surface area contributed by atoms with Gasteiger partial charge in [0.15, 0.2) is 0 Å². The zero-order valence-corrected chi connectivity index (χ0v) is 20.3. The van der Waals surface area contributed by atoms with Crippen molar-refractivity contribution in [1.29, 1.82) is 0 Å². The molecule has 0 bridgehead atoms. The summed E-state index contributed by atoms with van der Waals surface area (Å²) >= 11 is 5.99. The topological polar surface area (TPSA) is 93.8 Å². The van der Waals surface area contributed by atoms with Gasteiger partial charge in [-0.2, -0.15) is 0 Å². The van der Waals surface area contributed by atoms with Crippen LogP contribution in [0.25, 0.3) is 33.1 Å². The Balaban J connectivity index is 1.42. The third kappa shape index (κ3) is 4.14. The lowest BCUT2D eigenvalue weighted by Crippen LogP contribution is -2.34. The molecule has 2 aromatic carbocycles. The van der Waals surface area contributed by atoms with Crippen molar-refractivity contribution in [1.82, 2.24) is 24.5 Å². The van der Waals surface area contributed by atoms with Crippen molar-refractivity contribution in [2.45, 2.75) is 44.2 Å². The summed E-state index contributed by atoms with van der Waals surface area (Å²) in [5.41, 5.74) is 4.91. The van der Waals surface area contributed by atoms with Crippen LogP contribution in [0.15, 0.2) is 72.2 Å². The molecule has 36 heavy (non-hydrogen) atoms. The van der Waals surface area contributed by atoms with Gasteiger partial charge in [-0.1, -0.05) is 54.8 Å². The summed E-state index contributed by atoms with van der Waals surface area (Å²) < 4.78 is 1.62. The zero-order chi connectivity index (χ0) is 24.6. The number of halogens is 1. The predicted molar refractivity (Wildman–Crippen MR) is 140 cm³/mol. The molecule has 1 fully saturated rings. The molecule has 0 amide bonds. The van der Waals surface area contributed by atoms with Crippen LogP contribution in [0.3, 0.4) is 0 Å². The van der Waals surface area contributed by atoms with Crippen molar-refractivity contribution in [2.24, 2.45) is 0 Å². The molecule has 1 saturated carbocycles. The van der Waals surface area contributed by atoms with E-state index in [4.69, 9.17) is 11.6 Å². The lowest BCUT2D eigenvalue weighted by molar-refractivity contribution is 0.0735. The number of aliphatic hydroxyl groups is 1. The Bertz CT molecular complexity index is 1630. The Morgan fingerprint density at radius 2 is 1.81 bits per heavy atom. The molecule has 7 nitrogen and oxygen atoms in total. The lowest BCUT2D eigenvalue weighted by atomic mass is 9.92. The first-order valence-corrected chi connectivity index (χ1v) is 12.5. The summed E-state index contributed by atoms with van der Waals surface area (Å²) in [6.07, 6.45) is 10.0. The summed E-state index contributed by atoms with van der Waals surface area (Å²) in [5, 5.41) is 12.4. The molecule has 1 N–H and O–H groups in total. The molecule has 0 spiro atoms. The SMILES string of the molecule is O=c1c2cc(Cc3ccc(-c4cncc(Cl)n4)cc3)c3cccnc3c2ncn1[C@H]1CCCC[C@@H]1O. The Morgan fingerprint density at radius 3 is 2.61 bits per heavy atom. The summed E-state index contributed by atoms with van der Waals surface area (Å²) in [7, 11) is 0. The summed E-state index contributed by atoms with van der Waals surface area (Å²) in [6.45, 7) is 0. The van der Waals surface area contributed by atoms with Crippen LogP contribution in [0.1, 0.15) is 42.9 Å². The van der Waals surface area contributed by atoms with Crippen LogP contribution < -0.4 is 5.56 Å². The van der Waals surface area contributed by atoms with Gasteiger partial charge in [-0.3, -0.25) is 19.3 Å². The maximum absolute atomic E-state index is 13.6. The van der Waals surface area contributed by atoms with Gasteiger partial charge >= 0.3 is 0 Å². The van der Waals surface area contributed by atoms with Crippen molar-refractivity contribution in [3.8, 4) is 11.3 Å². The van der Waals surface area contributed by atoms with E-state index in [-0.39, 0.29) is 11.6 Å². The number of benzene rings is 2. The van der Waals surface area contributed by atoms with Gasteiger partial charge in [-0.05, 0) is 42.5 Å². The number of rotatable bonds is 4. The maximum Gasteiger partial charge on any atom is 0.261 e. The summed E-state index contributed by atoms with van der Waals surface area (Å²) in [6, 6.07) is 13.7. The average molecular weight is 498 g/mol. The van der Waals surface area contributed by atoms with Crippen LogP contribution in [0.4, 0.5) is 0 Å². The fourth-order valence-corrected chi connectivity index (χ4v) is 5.35. The molecule has 3 heterocycles. The first-order chi connectivity index (χ1) is 17.6. The minimum atomic E-state index is -0.531. The molecule has 2 atom stereocenters. The van der Waals surface area contributed by atoms with Crippen molar-refractivity contribution < 1.29 is 5.11 Å². The molecule has 5 aromatic rings. The Kier molecular flexibility index (Phi) is 5.95. The van der Waals surface area contributed by atoms with Gasteiger partial charge < -0.3 is 5.11 Å². The largest absolute Gasteiger partial charge is 0.391 e. The third-order valence-electron chi connectivity index (χ3n) is 7.03. The highest BCUT2D eigenvalue weighted by Gasteiger charge is 2.26. The molecular weight excluding hydrogens is 474 g/mol. The van der Waals surface area contributed by atoms with Crippen molar-refractivity contribution in [2.75, 3.05) is 0 Å². The van der Waals surface area contributed by atoms with Gasteiger partial charge in [0.1, 0.15) is 10.7 Å². The van der Waals surface area contributed by atoms with E-state index in [0.29, 0.717) is 40.1 Å². The third-order valence-corrected chi connectivity index (χ3v) is 7.21. The summed E-state index contributed by atoms with van der Waals surface area (Å²) in [4.78, 5) is 31.3. The van der Waals surface area contributed by atoms with E-state index in [0.717, 1.165) is 41.3 Å². The maximum atomic E-state index is 13.6. The van der Waals surface area contributed by atoms with Crippen molar-refractivity contribution in [3.63, 3.8) is 0 Å². The molecule has 1 aliphatic carbocycles. The normalized spacial score (nSPS) is 18.1. The molecule has 0 unspecified atom stereocenters. The van der Waals surface area contributed by atoms with E-state index in [1.54, 1.807) is 23.3 Å². The number of aromatic nitrogens is 5. The van der Waals surface area contributed by atoms with Gasteiger partial charge in [0.2, 0.25) is 0 Å². The number of hydrogen-bond acceptors (Lipinski definition) is 6. The van der Waals surface area contributed by atoms with Crippen LogP contribution in [0.2, 0.25) is 5.15 Å². The van der Waals surface area contributed by atoms with Crippen molar-refractivity contribution in [3.05, 3.63) is 94.0 Å². The van der Waals surface area contributed by atoms with Gasteiger partial charge in [0.05, 0.1) is 47.5 Å². The number of nitrogens with zero attached hydrogens (tertiary/aromatic N) is 5. The number of fused-ring (bicyclic) bond motifs is 3. The molecule has 3 aromatic heterocycles. The van der Waals surface area contributed by atoms with Crippen LogP contribution in [0, 0.1) is 0 Å². The minimum Gasteiger partial charge on any atom is -0.391 e. The second kappa shape index (κ2) is 9.41. The summed E-state index contributed by atoms with van der Waals surface area (Å²) in [5.74, 6) is 0. The van der Waals surface area contributed by atoms with Gasteiger partial charge in [0, 0.05) is 17.1 Å². The molecule has 180 valence electrons. The minimum absolute atomic E-state index is 0.130. The molecule has 6 rings (SSSR count). The first kappa shape index (κ1) is 22.8. The first-order valence-electron chi connectivity index (χ1n) is 12.1. The molecular formula is C28H24ClN5O2.